The Hall–Kier alpha value is -2.31. The van der Waals surface area contributed by atoms with Crippen LogP contribution in [0.5, 0.6) is 0 Å². The van der Waals surface area contributed by atoms with Gasteiger partial charge in [-0.15, -0.1) is 10.2 Å². The number of thioether (sulfide) groups is 1. The third-order valence-corrected chi connectivity index (χ3v) is 6.36. The van der Waals surface area contributed by atoms with E-state index in [1.54, 1.807) is 0 Å². The second kappa shape index (κ2) is 9.01. The molecular weight excluding hydrogens is 404 g/mol. The molecule has 150 valence electrons. The highest BCUT2D eigenvalue weighted by atomic mass is 35.5. The van der Waals surface area contributed by atoms with Gasteiger partial charge in [-0.3, -0.25) is 9.36 Å². The summed E-state index contributed by atoms with van der Waals surface area (Å²) in [6, 6.07) is 17.8. The number of aromatic nitrogens is 3. The zero-order chi connectivity index (χ0) is 20.2. The van der Waals surface area contributed by atoms with Crippen LogP contribution in [0.2, 0.25) is 5.02 Å². The van der Waals surface area contributed by atoms with Gasteiger partial charge in [0.25, 0.3) is 0 Å². The molecule has 0 saturated carbocycles. The van der Waals surface area contributed by atoms with Crippen molar-refractivity contribution in [3.8, 4) is 17.1 Å². The zero-order valence-electron chi connectivity index (χ0n) is 16.3. The lowest BCUT2D eigenvalue weighted by Gasteiger charge is -2.33. The quantitative estimate of drug-likeness (QED) is 0.534. The van der Waals surface area contributed by atoms with Crippen LogP contribution >= 0.6 is 23.4 Å². The first-order valence-electron chi connectivity index (χ1n) is 9.82. The van der Waals surface area contributed by atoms with Crippen molar-refractivity contribution >= 4 is 29.3 Å². The minimum absolute atomic E-state index is 0.165. The van der Waals surface area contributed by atoms with E-state index in [0.29, 0.717) is 22.0 Å². The van der Waals surface area contributed by atoms with Crippen molar-refractivity contribution < 1.29 is 4.79 Å². The highest BCUT2D eigenvalue weighted by Gasteiger charge is 2.24. The number of para-hydroxylation sites is 1. The highest BCUT2D eigenvalue weighted by Crippen LogP contribution is 2.29. The van der Waals surface area contributed by atoms with Gasteiger partial charge >= 0.3 is 0 Å². The molecule has 0 aliphatic carbocycles. The van der Waals surface area contributed by atoms with E-state index in [0.717, 1.165) is 36.5 Å². The Morgan fingerprint density at radius 1 is 1.10 bits per heavy atom. The predicted octanol–water partition coefficient (Wildman–Crippen LogP) is 5.08. The molecule has 0 spiro atoms. The van der Waals surface area contributed by atoms with Crippen LogP contribution in [0.25, 0.3) is 17.1 Å². The number of amides is 1. The first-order chi connectivity index (χ1) is 14.1. The molecule has 1 saturated heterocycles. The van der Waals surface area contributed by atoms with Crippen molar-refractivity contribution in [1.29, 1.82) is 0 Å². The summed E-state index contributed by atoms with van der Waals surface area (Å²) in [7, 11) is 0. The van der Waals surface area contributed by atoms with Crippen LogP contribution in [0.4, 0.5) is 0 Å². The maximum absolute atomic E-state index is 12.8. The van der Waals surface area contributed by atoms with E-state index in [-0.39, 0.29) is 5.91 Å². The standard InChI is InChI=1S/C22H23ClN4OS/c1-16-7-5-6-14-26(16)20(28)15-29-22-25-24-21(17-10-12-18(23)13-11-17)27(22)19-8-3-2-4-9-19/h2-4,8-13,16H,5-7,14-15H2,1H3. The second-order valence-electron chi connectivity index (χ2n) is 7.20. The van der Waals surface area contributed by atoms with E-state index in [1.807, 2.05) is 64.1 Å². The number of nitrogens with zero attached hydrogens (tertiary/aromatic N) is 4. The number of carbonyl (C=O) groups excluding carboxylic acids is 1. The Labute approximate surface area is 180 Å². The summed E-state index contributed by atoms with van der Waals surface area (Å²) in [5.41, 5.74) is 1.89. The van der Waals surface area contributed by atoms with Crippen LogP contribution in [0, 0.1) is 0 Å². The molecule has 29 heavy (non-hydrogen) atoms. The van der Waals surface area contributed by atoms with Gasteiger partial charge < -0.3 is 4.90 Å². The van der Waals surface area contributed by atoms with Crippen molar-refractivity contribution in [2.45, 2.75) is 37.4 Å². The second-order valence-corrected chi connectivity index (χ2v) is 8.58. The van der Waals surface area contributed by atoms with Gasteiger partial charge in [0.1, 0.15) is 0 Å². The van der Waals surface area contributed by atoms with Gasteiger partial charge in [0.05, 0.1) is 5.75 Å². The molecule has 0 N–H and O–H groups in total. The lowest BCUT2D eigenvalue weighted by atomic mass is 10.0. The molecule has 1 aliphatic rings. The summed E-state index contributed by atoms with van der Waals surface area (Å²) < 4.78 is 2.00. The van der Waals surface area contributed by atoms with E-state index < -0.39 is 0 Å². The number of carbonyl (C=O) groups is 1. The normalized spacial score (nSPS) is 16.8. The lowest BCUT2D eigenvalue weighted by Crippen LogP contribution is -2.42. The summed E-state index contributed by atoms with van der Waals surface area (Å²) in [5.74, 6) is 1.25. The fourth-order valence-corrected chi connectivity index (χ4v) is 4.60. The van der Waals surface area contributed by atoms with Gasteiger partial charge in [-0.2, -0.15) is 0 Å². The molecule has 1 aromatic heterocycles. The summed E-state index contributed by atoms with van der Waals surface area (Å²) in [6.45, 7) is 2.98. The van der Waals surface area contributed by atoms with Crippen LogP contribution in [-0.4, -0.2) is 43.9 Å². The molecule has 1 fully saturated rings. The molecule has 1 aliphatic heterocycles. The largest absolute Gasteiger partial charge is 0.339 e. The van der Waals surface area contributed by atoms with Crippen molar-refractivity contribution in [3.05, 3.63) is 59.6 Å². The summed E-state index contributed by atoms with van der Waals surface area (Å²) >= 11 is 7.48. The van der Waals surface area contributed by atoms with Crippen molar-refractivity contribution in [2.75, 3.05) is 12.3 Å². The molecule has 4 rings (SSSR count). The average Bonchev–Trinajstić information content (AvgIpc) is 3.17. The van der Waals surface area contributed by atoms with E-state index in [2.05, 4.69) is 17.1 Å². The van der Waals surface area contributed by atoms with Gasteiger partial charge in [-0.25, -0.2) is 0 Å². The number of hydrogen-bond acceptors (Lipinski definition) is 4. The van der Waals surface area contributed by atoms with Crippen molar-refractivity contribution in [3.63, 3.8) is 0 Å². The van der Waals surface area contributed by atoms with Gasteiger partial charge in [-0.05, 0) is 62.6 Å². The minimum Gasteiger partial charge on any atom is -0.339 e. The monoisotopic (exact) mass is 426 g/mol. The van der Waals surface area contributed by atoms with Crippen LogP contribution in [-0.2, 0) is 4.79 Å². The van der Waals surface area contributed by atoms with Crippen LogP contribution in [0.3, 0.4) is 0 Å². The molecule has 1 unspecified atom stereocenters. The van der Waals surface area contributed by atoms with Gasteiger partial charge in [0.2, 0.25) is 5.91 Å². The van der Waals surface area contributed by atoms with Crippen molar-refractivity contribution in [1.82, 2.24) is 19.7 Å². The Morgan fingerprint density at radius 3 is 2.59 bits per heavy atom. The first kappa shape index (κ1) is 20.0. The molecule has 7 heteroatoms. The van der Waals surface area contributed by atoms with Crippen LogP contribution < -0.4 is 0 Å². The molecular formula is C22H23ClN4OS. The van der Waals surface area contributed by atoms with Gasteiger partial charge in [-0.1, -0.05) is 41.6 Å². The maximum atomic E-state index is 12.8. The fourth-order valence-electron chi connectivity index (χ4n) is 3.64. The Balaban J connectivity index is 1.61. The smallest absolute Gasteiger partial charge is 0.233 e. The zero-order valence-corrected chi connectivity index (χ0v) is 17.9. The summed E-state index contributed by atoms with van der Waals surface area (Å²) in [6.07, 6.45) is 3.36. The number of benzene rings is 2. The van der Waals surface area contributed by atoms with E-state index in [4.69, 9.17) is 11.6 Å². The molecule has 1 amide bonds. The van der Waals surface area contributed by atoms with Gasteiger partial charge in [0.15, 0.2) is 11.0 Å². The third-order valence-electron chi connectivity index (χ3n) is 5.20. The van der Waals surface area contributed by atoms with E-state index in [9.17, 15) is 4.79 Å². The van der Waals surface area contributed by atoms with Crippen LogP contribution in [0.1, 0.15) is 26.2 Å². The summed E-state index contributed by atoms with van der Waals surface area (Å²) in [5, 5.41) is 10.2. The predicted molar refractivity (Wildman–Crippen MR) is 118 cm³/mol. The Morgan fingerprint density at radius 2 is 1.86 bits per heavy atom. The van der Waals surface area contributed by atoms with E-state index in [1.165, 1.54) is 18.2 Å². The lowest BCUT2D eigenvalue weighted by molar-refractivity contribution is -0.131. The number of hydrogen-bond donors (Lipinski definition) is 0. The Kier molecular flexibility index (Phi) is 6.21. The number of rotatable bonds is 5. The molecule has 0 radical (unpaired) electrons. The average molecular weight is 427 g/mol. The van der Waals surface area contributed by atoms with E-state index >= 15 is 0 Å². The molecule has 5 nitrogen and oxygen atoms in total. The number of likely N-dealkylation sites (tertiary alicyclic amines) is 1. The molecule has 0 bridgehead atoms. The number of halogens is 1. The SMILES string of the molecule is CC1CCCCN1C(=O)CSc1nnc(-c2ccc(Cl)cc2)n1-c1ccccc1. The fraction of sp³-hybridized carbons (Fsp3) is 0.318. The van der Waals surface area contributed by atoms with Crippen LogP contribution in [0.15, 0.2) is 59.8 Å². The number of piperidine rings is 1. The Bertz CT molecular complexity index is 974. The maximum Gasteiger partial charge on any atom is 0.233 e. The molecule has 1 atom stereocenters. The topological polar surface area (TPSA) is 51.0 Å². The minimum atomic E-state index is 0.165. The first-order valence-corrected chi connectivity index (χ1v) is 11.2. The van der Waals surface area contributed by atoms with Gasteiger partial charge in [0, 0.05) is 28.9 Å². The third kappa shape index (κ3) is 4.49. The van der Waals surface area contributed by atoms with Crippen molar-refractivity contribution in [2.24, 2.45) is 0 Å². The molecule has 3 aromatic rings. The highest BCUT2D eigenvalue weighted by molar-refractivity contribution is 7.99. The molecule has 2 aromatic carbocycles. The summed E-state index contributed by atoms with van der Waals surface area (Å²) in [4.78, 5) is 14.8. The molecule has 2 heterocycles.